The molecule has 0 bridgehead atoms. The van der Waals surface area contributed by atoms with Crippen LogP contribution in [-0.4, -0.2) is 30.3 Å². The summed E-state index contributed by atoms with van der Waals surface area (Å²) in [6, 6.07) is 16.7. The average molecular weight is 353 g/mol. The van der Waals surface area contributed by atoms with Crippen LogP contribution < -0.4 is 5.32 Å². The summed E-state index contributed by atoms with van der Waals surface area (Å²) in [4.78, 5) is 22.2. The maximum absolute atomic E-state index is 11.8. The molecule has 1 aliphatic rings. The largest absolute Gasteiger partial charge is 0.481 e. The quantitative estimate of drug-likeness (QED) is 0.699. The van der Waals surface area contributed by atoms with E-state index in [1.54, 1.807) is 0 Å². The SMILES string of the molecule is O=C(O)CCCCNC(=O)OCCC1c2ccccc2-c2ccccc21. The standard InChI is InChI=1S/C21H23NO4/c23-20(24)11-5-6-13-22-21(25)26-14-12-19-17-9-3-1-7-15(17)16-8-2-4-10-18(16)19/h1-4,7-10,19H,5-6,11-14H2,(H,22,25)(H,23,24). The minimum atomic E-state index is -0.815. The number of carboxylic acids is 1. The minimum absolute atomic E-state index is 0.122. The van der Waals surface area contributed by atoms with Gasteiger partial charge in [0.2, 0.25) is 0 Å². The first-order valence-corrected chi connectivity index (χ1v) is 8.97. The van der Waals surface area contributed by atoms with E-state index in [0.29, 0.717) is 26.0 Å². The predicted octanol–water partition coefficient (Wildman–Crippen LogP) is 4.17. The third-order valence-electron chi connectivity index (χ3n) is 4.69. The van der Waals surface area contributed by atoms with Crippen molar-refractivity contribution in [2.24, 2.45) is 0 Å². The van der Waals surface area contributed by atoms with E-state index in [2.05, 4.69) is 29.6 Å². The molecule has 0 unspecified atom stereocenters. The number of amides is 1. The summed E-state index contributed by atoms with van der Waals surface area (Å²) in [7, 11) is 0. The number of rotatable bonds is 8. The van der Waals surface area contributed by atoms with Crippen molar-refractivity contribution >= 4 is 12.1 Å². The van der Waals surface area contributed by atoms with Crippen LogP contribution >= 0.6 is 0 Å². The summed E-state index contributed by atoms with van der Waals surface area (Å²) in [6.07, 6.45) is 1.59. The summed E-state index contributed by atoms with van der Waals surface area (Å²) in [5.74, 6) is -0.574. The average Bonchev–Trinajstić information content (AvgIpc) is 2.96. The second-order valence-electron chi connectivity index (χ2n) is 6.43. The summed E-state index contributed by atoms with van der Waals surface area (Å²) < 4.78 is 5.30. The van der Waals surface area contributed by atoms with Crippen molar-refractivity contribution in [3.63, 3.8) is 0 Å². The lowest BCUT2D eigenvalue weighted by atomic mass is 9.94. The normalized spacial score (nSPS) is 12.3. The van der Waals surface area contributed by atoms with Gasteiger partial charge >= 0.3 is 12.1 Å². The Bertz CT molecular complexity index is 742. The van der Waals surface area contributed by atoms with Crippen LogP contribution in [0.4, 0.5) is 4.79 Å². The van der Waals surface area contributed by atoms with Gasteiger partial charge in [-0.25, -0.2) is 4.79 Å². The van der Waals surface area contributed by atoms with Crippen molar-refractivity contribution in [2.45, 2.75) is 31.6 Å². The van der Waals surface area contributed by atoms with Gasteiger partial charge in [0, 0.05) is 18.9 Å². The van der Waals surface area contributed by atoms with E-state index in [1.807, 2.05) is 24.3 Å². The number of ether oxygens (including phenoxy) is 1. The Labute approximate surface area is 153 Å². The first-order valence-electron chi connectivity index (χ1n) is 8.97. The number of hydrogen-bond donors (Lipinski definition) is 2. The van der Waals surface area contributed by atoms with Crippen molar-refractivity contribution in [3.05, 3.63) is 59.7 Å². The third-order valence-corrected chi connectivity index (χ3v) is 4.69. The van der Waals surface area contributed by atoms with E-state index >= 15 is 0 Å². The number of fused-ring (bicyclic) bond motifs is 3. The lowest BCUT2D eigenvalue weighted by Crippen LogP contribution is -2.26. The maximum Gasteiger partial charge on any atom is 0.407 e. The van der Waals surface area contributed by atoms with Gasteiger partial charge in [0.05, 0.1) is 6.61 Å². The number of unbranched alkanes of at least 4 members (excludes halogenated alkanes) is 1. The molecule has 2 aromatic rings. The van der Waals surface area contributed by atoms with E-state index in [-0.39, 0.29) is 12.3 Å². The zero-order chi connectivity index (χ0) is 18.4. The zero-order valence-corrected chi connectivity index (χ0v) is 14.6. The Morgan fingerprint density at radius 3 is 2.19 bits per heavy atom. The molecule has 0 saturated heterocycles. The number of aliphatic carboxylic acids is 1. The minimum Gasteiger partial charge on any atom is -0.481 e. The van der Waals surface area contributed by atoms with E-state index in [0.717, 1.165) is 6.42 Å². The molecule has 0 spiro atoms. The molecule has 0 heterocycles. The fraction of sp³-hybridized carbons (Fsp3) is 0.333. The number of alkyl carbamates (subject to hydrolysis) is 1. The maximum atomic E-state index is 11.8. The van der Waals surface area contributed by atoms with Crippen LogP contribution in [0.25, 0.3) is 11.1 Å². The van der Waals surface area contributed by atoms with Crippen LogP contribution in [0.3, 0.4) is 0 Å². The van der Waals surface area contributed by atoms with E-state index in [1.165, 1.54) is 22.3 Å². The van der Waals surface area contributed by atoms with Crippen LogP contribution in [-0.2, 0) is 9.53 Å². The van der Waals surface area contributed by atoms with Crippen molar-refractivity contribution in [1.82, 2.24) is 5.32 Å². The lowest BCUT2D eigenvalue weighted by molar-refractivity contribution is -0.137. The van der Waals surface area contributed by atoms with Gasteiger partial charge in [-0.15, -0.1) is 0 Å². The van der Waals surface area contributed by atoms with Crippen LogP contribution in [0.5, 0.6) is 0 Å². The molecular formula is C21H23NO4. The molecule has 1 amide bonds. The summed E-state index contributed by atoms with van der Waals surface area (Å²) >= 11 is 0. The van der Waals surface area contributed by atoms with Crippen molar-refractivity contribution < 1.29 is 19.4 Å². The molecule has 26 heavy (non-hydrogen) atoms. The van der Waals surface area contributed by atoms with Crippen molar-refractivity contribution in [2.75, 3.05) is 13.2 Å². The highest BCUT2D eigenvalue weighted by molar-refractivity contribution is 5.78. The number of carboxylic acid groups (broad SMARTS) is 1. The molecule has 0 aliphatic heterocycles. The first-order chi connectivity index (χ1) is 12.7. The molecule has 5 heteroatoms. The molecule has 136 valence electrons. The van der Waals surface area contributed by atoms with Gasteiger partial charge in [-0.05, 0) is 41.5 Å². The molecule has 0 fully saturated rings. The Kier molecular flexibility index (Phi) is 5.89. The van der Waals surface area contributed by atoms with Crippen LogP contribution in [0.1, 0.15) is 42.7 Å². The summed E-state index contributed by atoms with van der Waals surface area (Å²) in [5, 5.41) is 11.2. The fourth-order valence-electron chi connectivity index (χ4n) is 3.48. The van der Waals surface area contributed by atoms with Crippen LogP contribution in [0, 0.1) is 0 Å². The van der Waals surface area contributed by atoms with E-state index < -0.39 is 12.1 Å². The first kappa shape index (κ1) is 18.0. The fourth-order valence-corrected chi connectivity index (χ4v) is 3.48. The van der Waals surface area contributed by atoms with Gasteiger partial charge in [0.25, 0.3) is 0 Å². The second-order valence-corrected chi connectivity index (χ2v) is 6.43. The number of benzene rings is 2. The van der Waals surface area contributed by atoms with Gasteiger partial charge in [-0.1, -0.05) is 48.5 Å². The van der Waals surface area contributed by atoms with Gasteiger partial charge in [-0.3, -0.25) is 4.79 Å². The smallest absolute Gasteiger partial charge is 0.407 e. The number of nitrogens with one attached hydrogen (secondary N) is 1. The summed E-state index contributed by atoms with van der Waals surface area (Å²) in [5.41, 5.74) is 5.09. The number of carbonyl (C=O) groups excluding carboxylic acids is 1. The highest BCUT2D eigenvalue weighted by atomic mass is 16.5. The lowest BCUT2D eigenvalue weighted by Gasteiger charge is -2.14. The molecule has 3 rings (SSSR count). The molecule has 1 aliphatic carbocycles. The summed E-state index contributed by atoms with van der Waals surface area (Å²) in [6.45, 7) is 0.773. The molecule has 0 atom stereocenters. The van der Waals surface area contributed by atoms with Crippen LogP contribution in [0.2, 0.25) is 0 Å². The molecule has 0 saturated carbocycles. The zero-order valence-electron chi connectivity index (χ0n) is 14.6. The second kappa shape index (κ2) is 8.52. The Balaban J connectivity index is 1.48. The Morgan fingerprint density at radius 1 is 0.962 bits per heavy atom. The van der Waals surface area contributed by atoms with Gasteiger partial charge in [0.1, 0.15) is 0 Å². The molecule has 5 nitrogen and oxygen atoms in total. The molecule has 0 radical (unpaired) electrons. The topological polar surface area (TPSA) is 75.6 Å². The molecule has 2 N–H and O–H groups in total. The predicted molar refractivity (Wildman–Crippen MR) is 99.2 cm³/mol. The Morgan fingerprint density at radius 2 is 1.58 bits per heavy atom. The third kappa shape index (κ3) is 4.23. The van der Waals surface area contributed by atoms with Crippen LogP contribution in [0.15, 0.2) is 48.5 Å². The van der Waals surface area contributed by atoms with Gasteiger partial charge < -0.3 is 15.2 Å². The molecule has 2 aromatic carbocycles. The van der Waals surface area contributed by atoms with E-state index in [9.17, 15) is 9.59 Å². The van der Waals surface area contributed by atoms with Crippen molar-refractivity contribution in [1.29, 1.82) is 0 Å². The highest BCUT2D eigenvalue weighted by Crippen LogP contribution is 2.45. The van der Waals surface area contributed by atoms with Gasteiger partial charge in [0.15, 0.2) is 0 Å². The number of hydrogen-bond acceptors (Lipinski definition) is 3. The number of carbonyl (C=O) groups is 2. The van der Waals surface area contributed by atoms with Gasteiger partial charge in [-0.2, -0.15) is 0 Å². The molecular weight excluding hydrogens is 330 g/mol. The Hall–Kier alpha value is -2.82. The van der Waals surface area contributed by atoms with E-state index in [4.69, 9.17) is 9.84 Å². The monoisotopic (exact) mass is 353 g/mol. The molecule has 0 aromatic heterocycles. The highest BCUT2D eigenvalue weighted by Gasteiger charge is 2.27. The van der Waals surface area contributed by atoms with Crippen molar-refractivity contribution in [3.8, 4) is 11.1 Å².